The third-order valence-corrected chi connectivity index (χ3v) is 4.30. The number of nitrogens with one attached hydrogen (secondary N) is 1. The van der Waals surface area contributed by atoms with Crippen LogP contribution in [-0.2, 0) is 0 Å². The van der Waals surface area contributed by atoms with Gasteiger partial charge in [0.05, 0.1) is 17.3 Å². The van der Waals surface area contributed by atoms with E-state index in [-0.39, 0.29) is 5.82 Å². The average molecular weight is 309 g/mol. The van der Waals surface area contributed by atoms with Crippen LogP contribution >= 0.6 is 0 Å². The maximum atomic E-state index is 14.1. The normalized spacial score (nSPS) is 15.3. The summed E-state index contributed by atoms with van der Waals surface area (Å²) in [6, 6.07) is 15.4. The van der Waals surface area contributed by atoms with Crippen molar-refractivity contribution in [2.24, 2.45) is 0 Å². The van der Waals surface area contributed by atoms with Crippen LogP contribution in [0.4, 0.5) is 15.8 Å². The zero-order chi connectivity index (χ0) is 16.2. The molecule has 1 aliphatic rings. The molecule has 118 valence electrons. The molecular weight excluding hydrogens is 289 g/mol. The number of hydrogen-bond donors (Lipinski definition) is 1. The van der Waals surface area contributed by atoms with Gasteiger partial charge in [0.1, 0.15) is 5.82 Å². The topological polar surface area (TPSA) is 39.1 Å². The lowest BCUT2D eigenvalue weighted by molar-refractivity contribution is 0.516. The Morgan fingerprint density at radius 3 is 2.61 bits per heavy atom. The maximum absolute atomic E-state index is 14.1. The number of rotatable bonds is 3. The van der Waals surface area contributed by atoms with Crippen LogP contribution in [0.2, 0.25) is 0 Å². The van der Waals surface area contributed by atoms with Gasteiger partial charge in [-0.3, -0.25) is 0 Å². The van der Waals surface area contributed by atoms with Crippen LogP contribution in [0, 0.1) is 24.1 Å². The monoisotopic (exact) mass is 309 g/mol. The molecule has 0 amide bonds. The molecule has 2 aromatic rings. The lowest BCUT2D eigenvalue weighted by Crippen LogP contribution is -2.39. The van der Waals surface area contributed by atoms with Crippen molar-refractivity contribution in [1.82, 2.24) is 0 Å². The zero-order valence-electron chi connectivity index (χ0n) is 13.2. The van der Waals surface area contributed by atoms with E-state index in [1.165, 1.54) is 11.6 Å². The van der Waals surface area contributed by atoms with Crippen molar-refractivity contribution in [3.05, 3.63) is 59.4 Å². The van der Waals surface area contributed by atoms with Gasteiger partial charge < -0.3 is 10.2 Å². The second-order valence-corrected chi connectivity index (χ2v) is 6.05. The minimum atomic E-state index is -0.311. The van der Waals surface area contributed by atoms with E-state index in [4.69, 9.17) is 5.26 Å². The van der Waals surface area contributed by atoms with E-state index in [1.807, 2.05) is 6.07 Å². The Kier molecular flexibility index (Phi) is 4.47. The summed E-state index contributed by atoms with van der Waals surface area (Å²) in [5, 5.41) is 12.4. The molecule has 0 aliphatic carbocycles. The minimum absolute atomic E-state index is 0.311. The summed E-state index contributed by atoms with van der Waals surface area (Å²) in [6.45, 7) is 3.71. The molecule has 1 saturated heterocycles. The highest BCUT2D eigenvalue weighted by molar-refractivity contribution is 5.52. The smallest absolute Gasteiger partial charge is 0.147 e. The molecular formula is C19H20FN3. The molecule has 0 bridgehead atoms. The van der Waals surface area contributed by atoms with E-state index in [2.05, 4.69) is 41.4 Å². The Balaban J connectivity index is 1.61. The summed E-state index contributed by atoms with van der Waals surface area (Å²) >= 11 is 0. The van der Waals surface area contributed by atoms with Gasteiger partial charge in [0.15, 0.2) is 0 Å². The molecule has 0 aromatic heterocycles. The van der Waals surface area contributed by atoms with Gasteiger partial charge in [-0.05, 0) is 55.7 Å². The Hall–Kier alpha value is -2.54. The third-order valence-electron chi connectivity index (χ3n) is 4.30. The Morgan fingerprint density at radius 2 is 1.96 bits per heavy atom. The second kappa shape index (κ2) is 6.70. The summed E-state index contributed by atoms with van der Waals surface area (Å²) in [7, 11) is 0. The predicted molar refractivity (Wildman–Crippen MR) is 91.2 cm³/mol. The molecule has 0 atom stereocenters. The third kappa shape index (κ3) is 3.62. The largest absolute Gasteiger partial charge is 0.382 e. The first-order chi connectivity index (χ1) is 11.2. The van der Waals surface area contributed by atoms with Crippen molar-refractivity contribution in [2.45, 2.75) is 25.8 Å². The van der Waals surface area contributed by atoms with E-state index in [1.54, 1.807) is 12.1 Å². The van der Waals surface area contributed by atoms with E-state index < -0.39 is 0 Å². The molecule has 1 heterocycles. The first kappa shape index (κ1) is 15.4. The van der Waals surface area contributed by atoms with Crippen LogP contribution in [0.3, 0.4) is 0 Å². The van der Waals surface area contributed by atoms with E-state index in [0.29, 0.717) is 17.3 Å². The van der Waals surface area contributed by atoms with Crippen molar-refractivity contribution in [3.63, 3.8) is 0 Å². The molecule has 0 unspecified atom stereocenters. The Bertz CT molecular complexity index is 728. The molecule has 2 aromatic carbocycles. The van der Waals surface area contributed by atoms with Crippen molar-refractivity contribution < 1.29 is 4.39 Å². The van der Waals surface area contributed by atoms with Crippen molar-refractivity contribution in [2.75, 3.05) is 23.3 Å². The number of anilines is 2. The van der Waals surface area contributed by atoms with Gasteiger partial charge in [0.2, 0.25) is 0 Å². The van der Waals surface area contributed by atoms with Crippen molar-refractivity contribution in [3.8, 4) is 6.07 Å². The zero-order valence-corrected chi connectivity index (χ0v) is 13.2. The molecule has 0 radical (unpaired) electrons. The summed E-state index contributed by atoms with van der Waals surface area (Å²) < 4.78 is 14.1. The number of aryl methyl sites for hydroxylation is 1. The fraction of sp³-hybridized carbons (Fsp3) is 0.316. The maximum Gasteiger partial charge on any atom is 0.147 e. The second-order valence-electron chi connectivity index (χ2n) is 6.05. The van der Waals surface area contributed by atoms with Crippen LogP contribution in [0.5, 0.6) is 0 Å². The molecule has 23 heavy (non-hydrogen) atoms. The fourth-order valence-corrected chi connectivity index (χ4v) is 3.07. The van der Waals surface area contributed by atoms with Gasteiger partial charge in [-0.1, -0.05) is 12.1 Å². The predicted octanol–water partition coefficient (Wildman–Crippen LogP) is 4.09. The van der Waals surface area contributed by atoms with Crippen LogP contribution in [0.1, 0.15) is 24.0 Å². The highest BCUT2D eigenvalue weighted by Crippen LogP contribution is 2.25. The fourth-order valence-electron chi connectivity index (χ4n) is 3.07. The van der Waals surface area contributed by atoms with Crippen LogP contribution in [0.15, 0.2) is 42.5 Å². The molecule has 1 aliphatic heterocycles. The first-order valence-electron chi connectivity index (χ1n) is 7.93. The van der Waals surface area contributed by atoms with Crippen molar-refractivity contribution in [1.29, 1.82) is 5.26 Å². The first-order valence-corrected chi connectivity index (χ1v) is 7.93. The van der Waals surface area contributed by atoms with E-state index in [9.17, 15) is 4.39 Å². The molecule has 3 nitrogen and oxygen atoms in total. The standard InChI is InChI=1S/C19H20FN3/c1-14-3-2-4-17(11-14)22-16-7-9-23(10-8-16)19-6-5-15(13-21)12-18(19)20/h2-6,11-12,16,22H,7-10H2,1H3. The number of halogens is 1. The van der Waals surface area contributed by atoms with Gasteiger partial charge in [-0.2, -0.15) is 5.26 Å². The lowest BCUT2D eigenvalue weighted by Gasteiger charge is -2.34. The Morgan fingerprint density at radius 1 is 1.17 bits per heavy atom. The van der Waals surface area contributed by atoms with Crippen molar-refractivity contribution >= 4 is 11.4 Å². The van der Waals surface area contributed by atoms with Gasteiger partial charge in [-0.15, -0.1) is 0 Å². The molecule has 0 spiro atoms. The number of nitriles is 1. The van der Waals surface area contributed by atoms with Crippen LogP contribution in [-0.4, -0.2) is 19.1 Å². The number of nitrogens with zero attached hydrogens (tertiary/aromatic N) is 2. The number of benzene rings is 2. The molecule has 4 heteroatoms. The SMILES string of the molecule is Cc1cccc(NC2CCN(c3ccc(C#N)cc3F)CC2)c1. The van der Waals surface area contributed by atoms with Gasteiger partial charge in [-0.25, -0.2) is 4.39 Å². The van der Waals surface area contributed by atoms with Gasteiger partial charge >= 0.3 is 0 Å². The Labute approximate surface area is 136 Å². The van der Waals surface area contributed by atoms with Crippen LogP contribution < -0.4 is 10.2 Å². The number of hydrogen-bond acceptors (Lipinski definition) is 3. The van der Waals surface area contributed by atoms with E-state index in [0.717, 1.165) is 31.6 Å². The molecule has 3 rings (SSSR count). The summed E-state index contributed by atoms with van der Waals surface area (Å²) in [4.78, 5) is 2.06. The lowest BCUT2D eigenvalue weighted by atomic mass is 10.0. The molecule has 1 fully saturated rings. The number of piperidine rings is 1. The van der Waals surface area contributed by atoms with E-state index >= 15 is 0 Å². The summed E-state index contributed by atoms with van der Waals surface area (Å²) in [5.74, 6) is -0.311. The molecule has 1 N–H and O–H groups in total. The highest BCUT2D eigenvalue weighted by atomic mass is 19.1. The minimum Gasteiger partial charge on any atom is -0.382 e. The average Bonchev–Trinajstić information content (AvgIpc) is 2.56. The van der Waals surface area contributed by atoms with Crippen LogP contribution in [0.25, 0.3) is 0 Å². The highest BCUT2D eigenvalue weighted by Gasteiger charge is 2.21. The summed E-state index contributed by atoms with van der Waals surface area (Å²) in [6.07, 6.45) is 1.93. The molecule has 0 saturated carbocycles. The van der Waals surface area contributed by atoms with Gasteiger partial charge in [0.25, 0.3) is 0 Å². The quantitative estimate of drug-likeness (QED) is 0.928. The van der Waals surface area contributed by atoms with Gasteiger partial charge in [0, 0.05) is 24.8 Å². The summed E-state index contributed by atoms with van der Waals surface area (Å²) in [5.41, 5.74) is 3.35.